The number of H-pyrrole nitrogens is 1. The van der Waals surface area contributed by atoms with Gasteiger partial charge in [0.15, 0.2) is 0 Å². The molecule has 0 unspecified atom stereocenters. The number of ether oxygens (including phenoxy) is 3. The minimum atomic E-state index is -0.954. The molecule has 0 saturated heterocycles. The maximum Gasteiger partial charge on any atom is 0.355 e. The first-order valence-electron chi connectivity index (χ1n) is 10.3. The highest BCUT2D eigenvalue weighted by Gasteiger charge is 2.25. The lowest BCUT2D eigenvalue weighted by Gasteiger charge is -2.07. The Balaban J connectivity index is 2.04. The predicted molar refractivity (Wildman–Crippen MR) is 124 cm³/mol. The van der Waals surface area contributed by atoms with Gasteiger partial charge in [0.25, 0.3) is 11.4 Å². The number of rotatable bonds is 12. The van der Waals surface area contributed by atoms with Gasteiger partial charge in [0.2, 0.25) is 0 Å². The van der Waals surface area contributed by atoms with Crippen LogP contribution < -0.4 is 0 Å². The minimum absolute atomic E-state index is 0.112. The van der Waals surface area contributed by atoms with Crippen molar-refractivity contribution in [3.63, 3.8) is 0 Å². The molecule has 0 aliphatic rings. The topological polar surface area (TPSA) is 181 Å². The molecule has 0 saturated carbocycles. The maximum absolute atomic E-state index is 12.4. The first kappa shape index (κ1) is 27.3. The quantitative estimate of drug-likeness (QED) is 0.145. The van der Waals surface area contributed by atoms with Crippen molar-refractivity contribution in [2.24, 2.45) is 0 Å². The van der Waals surface area contributed by atoms with Crippen molar-refractivity contribution in [1.82, 2.24) is 4.98 Å². The van der Waals surface area contributed by atoms with Gasteiger partial charge in [0, 0.05) is 29.3 Å². The number of benzene rings is 1. The number of thioether (sulfide) groups is 1. The van der Waals surface area contributed by atoms with E-state index in [1.165, 1.54) is 11.8 Å². The molecule has 35 heavy (non-hydrogen) atoms. The lowest BCUT2D eigenvalue weighted by atomic mass is 10.1. The first-order valence-corrected chi connectivity index (χ1v) is 11.5. The second kappa shape index (κ2) is 12.5. The van der Waals surface area contributed by atoms with Crippen LogP contribution in [0.3, 0.4) is 0 Å². The van der Waals surface area contributed by atoms with Gasteiger partial charge in [-0.15, -0.1) is 0 Å². The summed E-state index contributed by atoms with van der Waals surface area (Å²) in [4.78, 5) is 60.0. The van der Waals surface area contributed by atoms with Gasteiger partial charge in [0.1, 0.15) is 12.3 Å². The van der Waals surface area contributed by atoms with Crippen LogP contribution in [0.15, 0.2) is 18.2 Å². The molecule has 2 rings (SSSR count). The average Bonchev–Trinajstić information content (AvgIpc) is 3.14. The number of nitrogens with one attached hydrogen (secondary N) is 1. The lowest BCUT2D eigenvalue weighted by molar-refractivity contribution is -0.394. The molecule has 1 aromatic heterocycles. The van der Waals surface area contributed by atoms with Gasteiger partial charge in [0.05, 0.1) is 40.3 Å². The molecule has 0 spiro atoms. The zero-order valence-electron chi connectivity index (χ0n) is 19.2. The van der Waals surface area contributed by atoms with E-state index in [1.807, 2.05) is 0 Å². The first-order chi connectivity index (χ1) is 16.6. The third-order valence-electron chi connectivity index (χ3n) is 4.55. The third-order valence-corrected chi connectivity index (χ3v) is 5.50. The van der Waals surface area contributed by atoms with Gasteiger partial charge in [-0.1, -0.05) is 0 Å². The standard InChI is InChI=1S/C21H23N3O10S/c1-4-32-20(26)17-12(3)18(21(27)33-5-2)22-16(17)11-35-7-6-34-19(25)13-8-14(23(28)29)10-15(9-13)24(30)31/h8-10,22H,4-7,11H2,1-3H3. The largest absolute Gasteiger partial charge is 0.462 e. The van der Waals surface area contributed by atoms with Gasteiger partial charge < -0.3 is 19.2 Å². The summed E-state index contributed by atoms with van der Waals surface area (Å²) < 4.78 is 15.2. The Hall–Kier alpha value is -3.94. The number of hydrogen-bond acceptors (Lipinski definition) is 11. The molecule has 0 aliphatic heterocycles. The van der Waals surface area contributed by atoms with Crippen LogP contribution in [0.5, 0.6) is 0 Å². The van der Waals surface area contributed by atoms with Gasteiger partial charge in [-0.25, -0.2) is 14.4 Å². The Bertz CT molecular complexity index is 1110. The fourth-order valence-corrected chi connectivity index (χ4v) is 3.79. The molecule has 0 bridgehead atoms. The maximum atomic E-state index is 12.4. The van der Waals surface area contributed by atoms with E-state index in [0.717, 1.165) is 18.2 Å². The number of nitro benzene ring substituents is 2. The zero-order chi connectivity index (χ0) is 26.1. The van der Waals surface area contributed by atoms with Crippen LogP contribution in [0.25, 0.3) is 0 Å². The summed E-state index contributed by atoms with van der Waals surface area (Å²) in [7, 11) is 0. The Labute approximate surface area is 203 Å². The highest BCUT2D eigenvalue weighted by molar-refractivity contribution is 7.98. The SMILES string of the molecule is CCOC(=O)c1[nH]c(CSCCOC(=O)c2cc([N+](=O)[O-])cc([N+](=O)[O-])c2)c(C(=O)OCC)c1C. The van der Waals surface area contributed by atoms with Crippen LogP contribution >= 0.6 is 11.8 Å². The van der Waals surface area contributed by atoms with E-state index in [1.54, 1.807) is 20.8 Å². The summed E-state index contributed by atoms with van der Waals surface area (Å²) in [6.07, 6.45) is 0. The van der Waals surface area contributed by atoms with Gasteiger partial charge >= 0.3 is 17.9 Å². The lowest BCUT2D eigenvalue weighted by Crippen LogP contribution is -2.10. The summed E-state index contributed by atoms with van der Waals surface area (Å²) in [6.45, 7) is 5.12. The van der Waals surface area contributed by atoms with Crippen LogP contribution in [0.1, 0.15) is 56.3 Å². The number of esters is 3. The van der Waals surface area contributed by atoms with E-state index in [9.17, 15) is 34.6 Å². The number of nitrogens with zero attached hydrogens (tertiary/aromatic N) is 2. The smallest absolute Gasteiger partial charge is 0.355 e. The third kappa shape index (κ3) is 7.02. The number of aromatic amines is 1. The zero-order valence-corrected chi connectivity index (χ0v) is 20.0. The molecular formula is C21H23N3O10S. The minimum Gasteiger partial charge on any atom is -0.462 e. The predicted octanol–water partition coefficient (Wildman–Crippen LogP) is 3.58. The van der Waals surface area contributed by atoms with Crippen LogP contribution in [-0.4, -0.2) is 58.3 Å². The van der Waals surface area contributed by atoms with E-state index >= 15 is 0 Å². The van der Waals surface area contributed by atoms with E-state index < -0.39 is 39.1 Å². The highest BCUT2D eigenvalue weighted by atomic mass is 32.2. The molecule has 1 heterocycles. The molecule has 0 atom stereocenters. The summed E-state index contributed by atoms with van der Waals surface area (Å²) in [5, 5.41) is 21.9. The molecule has 188 valence electrons. The summed E-state index contributed by atoms with van der Waals surface area (Å²) in [5.41, 5.74) is -0.323. The van der Waals surface area contributed by atoms with E-state index in [4.69, 9.17) is 14.2 Å². The van der Waals surface area contributed by atoms with Crippen molar-refractivity contribution >= 4 is 41.0 Å². The van der Waals surface area contributed by atoms with Crippen molar-refractivity contribution in [1.29, 1.82) is 0 Å². The van der Waals surface area contributed by atoms with E-state index in [-0.39, 0.29) is 48.1 Å². The van der Waals surface area contributed by atoms with E-state index in [0.29, 0.717) is 11.3 Å². The van der Waals surface area contributed by atoms with Crippen molar-refractivity contribution < 1.29 is 38.4 Å². The van der Waals surface area contributed by atoms with Gasteiger partial charge in [-0.05, 0) is 26.3 Å². The Morgan fingerprint density at radius 1 is 0.914 bits per heavy atom. The van der Waals surface area contributed by atoms with Crippen molar-refractivity contribution in [2.75, 3.05) is 25.6 Å². The number of carbonyl (C=O) groups excluding carboxylic acids is 3. The monoisotopic (exact) mass is 509 g/mol. The number of carbonyl (C=O) groups is 3. The Kier molecular flexibility index (Phi) is 9.75. The van der Waals surface area contributed by atoms with E-state index in [2.05, 4.69) is 4.98 Å². The second-order valence-electron chi connectivity index (χ2n) is 6.86. The van der Waals surface area contributed by atoms with Gasteiger partial charge in [-0.2, -0.15) is 11.8 Å². The molecule has 0 aliphatic carbocycles. The number of nitro groups is 2. The fraction of sp³-hybridized carbons (Fsp3) is 0.381. The molecule has 0 amide bonds. The van der Waals surface area contributed by atoms with Crippen molar-refractivity contribution in [2.45, 2.75) is 26.5 Å². The number of aromatic nitrogens is 1. The van der Waals surface area contributed by atoms with Gasteiger partial charge in [-0.3, -0.25) is 20.2 Å². The molecule has 1 N–H and O–H groups in total. The highest BCUT2D eigenvalue weighted by Crippen LogP contribution is 2.25. The molecule has 0 fully saturated rings. The average molecular weight is 509 g/mol. The summed E-state index contributed by atoms with van der Waals surface area (Å²) in [6, 6.07) is 2.54. The fourth-order valence-electron chi connectivity index (χ4n) is 3.03. The molecule has 14 heteroatoms. The van der Waals surface area contributed by atoms with Crippen molar-refractivity contribution in [3.05, 3.63) is 66.5 Å². The molecule has 13 nitrogen and oxygen atoms in total. The van der Waals surface area contributed by atoms with Crippen LogP contribution in [0.2, 0.25) is 0 Å². The molecule has 2 aromatic rings. The number of hydrogen-bond donors (Lipinski definition) is 1. The molecular weight excluding hydrogens is 486 g/mol. The number of non-ortho nitro benzene ring substituents is 2. The Morgan fingerprint density at radius 3 is 2.03 bits per heavy atom. The molecule has 0 radical (unpaired) electrons. The summed E-state index contributed by atoms with van der Waals surface area (Å²) in [5.74, 6) is -1.64. The van der Waals surface area contributed by atoms with Crippen LogP contribution in [0, 0.1) is 27.2 Å². The Morgan fingerprint density at radius 2 is 1.49 bits per heavy atom. The van der Waals surface area contributed by atoms with Crippen LogP contribution in [0.4, 0.5) is 11.4 Å². The van der Waals surface area contributed by atoms with Crippen molar-refractivity contribution in [3.8, 4) is 0 Å². The van der Waals surface area contributed by atoms with Crippen LogP contribution in [-0.2, 0) is 20.0 Å². The second-order valence-corrected chi connectivity index (χ2v) is 7.97. The molecule has 1 aromatic carbocycles. The summed E-state index contributed by atoms with van der Waals surface area (Å²) >= 11 is 1.27. The normalized spacial score (nSPS) is 10.5.